The lowest BCUT2D eigenvalue weighted by Gasteiger charge is -2.14. The topological polar surface area (TPSA) is 72.9 Å². The number of aromatic nitrogens is 2. The Labute approximate surface area is 160 Å². The predicted molar refractivity (Wildman–Crippen MR) is 100 cm³/mol. The Morgan fingerprint density at radius 1 is 1.18 bits per heavy atom. The third kappa shape index (κ3) is 4.23. The first kappa shape index (κ1) is 19.6. The van der Waals surface area contributed by atoms with Crippen molar-refractivity contribution < 1.29 is 18.0 Å². The summed E-state index contributed by atoms with van der Waals surface area (Å²) in [5.74, 6) is -0.512. The Morgan fingerprint density at radius 3 is 2.54 bits per heavy atom. The quantitative estimate of drug-likeness (QED) is 0.703. The van der Waals surface area contributed by atoms with Gasteiger partial charge in [-0.05, 0) is 55.3 Å². The van der Waals surface area contributed by atoms with Crippen LogP contribution in [0.3, 0.4) is 0 Å². The van der Waals surface area contributed by atoms with Gasteiger partial charge in [0.2, 0.25) is 0 Å². The minimum atomic E-state index is -4.55. The summed E-state index contributed by atoms with van der Waals surface area (Å²) in [6.45, 7) is 3.87. The van der Waals surface area contributed by atoms with Crippen LogP contribution < -0.4 is 11.1 Å². The van der Waals surface area contributed by atoms with Crippen LogP contribution in [0.2, 0.25) is 0 Å². The van der Waals surface area contributed by atoms with Crippen LogP contribution in [0, 0.1) is 13.8 Å². The molecule has 1 aromatic heterocycles. The Morgan fingerprint density at radius 2 is 1.93 bits per heavy atom. The maximum absolute atomic E-state index is 13.3. The van der Waals surface area contributed by atoms with Crippen LogP contribution in [0.4, 0.5) is 18.9 Å². The number of carbonyl (C=O) groups excluding carboxylic acids is 1. The lowest BCUT2D eigenvalue weighted by Crippen LogP contribution is -2.15. The number of nitrogens with zero attached hydrogens (tertiary/aromatic N) is 2. The van der Waals surface area contributed by atoms with Crippen molar-refractivity contribution in [3.63, 3.8) is 0 Å². The molecule has 146 valence electrons. The minimum Gasteiger partial charge on any atom is -0.326 e. The summed E-state index contributed by atoms with van der Waals surface area (Å²) in [7, 11) is 0. The van der Waals surface area contributed by atoms with Crippen LogP contribution in [0.5, 0.6) is 0 Å². The van der Waals surface area contributed by atoms with Gasteiger partial charge in [-0.15, -0.1) is 0 Å². The van der Waals surface area contributed by atoms with E-state index in [1.807, 2.05) is 6.92 Å². The molecule has 1 amide bonds. The number of anilines is 1. The fraction of sp³-hybridized carbons (Fsp3) is 0.200. The molecule has 0 unspecified atom stereocenters. The zero-order valence-corrected chi connectivity index (χ0v) is 15.3. The van der Waals surface area contributed by atoms with Crippen molar-refractivity contribution in [3.8, 4) is 5.69 Å². The van der Waals surface area contributed by atoms with E-state index in [0.29, 0.717) is 11.3 Å². The number of amides is 1. The molecular weight excluding hydrogens is 369 g/mol. The molecule has 0 fully saturated rings. The van der Waals surface area contributed by atoms with Gasteiger partial charge in [0.05, 0.1) is 17.6 Å². The molecule has 0 aliphatic rings. The predicted octanol–water partition coefficient (Wildman–Crippen LogP) is 4.22. The van der Waals surface area contributed by atoms with Crippen molar-refractivity contribution in [3.05, 3.63) is 76.9 Å². The molecule has 5 nitrogen and oxygen atoms in total. The highest BCUT2D eigenvalue weighted by Crippen LogP contribution is 2.33. The second-order valence-electron chi connectivity index (χ2n) is 6.49. The van der Waals surface area contributed by atoms with Crippen molar-refractivity contribution in [2.24, 2.45) is 5.73 Å². The molecule has 0 atom stereocenters. The number of alkyl halides is 3. The van der Waals surface area contributed by atoms with E-state index in [1.54, 1.807) is 31.3 Å². The summed E-state index contributed by atoms with van der Waals surface area (Å²) in [6.07, 6.45) is -1.53. The highest BCUT2D eigenvalue weighted by atomic mass is 19.4. The molecule has 0 radical (unpaired) electrons. The van der Waals surface area contributed by atoms with E-state index in [2.05, 4.69) is 10.3 Å². The first-order chi connectivity index (χ1) is 13.2. The van der Waals surface area contributed by atoms with E-state index in [-0.39, 0.29) is 17.9 Å². The number of nitrogens with one attached hydrogen (secondary N) is 1. The summed E-state index contributed by atoms with van der Waals surface area (Å²) in [6, 6.07) is 8.38. The normalized spacial score (nSPS) is 11.5. The molecule has 1 heterocycles. The van der Waals surface area contributed by atoms with Gasteiger partial charge in [0.25, 0.3) is 5.91 Å². The van der Waals surface area contributed by atoms with E-state index < -0.39 is 17.6 Å². The molecule has 28 heavy (non-hydrogen) atoms. The third-order valence-corrected chi connectivity index (χ3v) is 4.34. The Balaban J connectivity index is 1.97. The van der Waals surface area contributed by atoms with Gasteiger partial charge in [0, 0.05) is 29.7 Å². The molecule has 3 rings (SSSR count). The zero-order chi connectivity index (χ0) is 20.5. The number of rotatable bonds is 4. The van der Waals surface area contributed by atoms with Crippen molar-refractivity contribution in [2.45, 2.75) is 26.6 Å². The molecule has 3 aromatic rings. The van der Waals surface area contributed by atoms with Gasteiger partial charge >= 0.3 is 6.18 Å². The summed E-state index contributed by atoms with van der Waals surface area (Å²) in [4.78, 5) is 16.6. The first-order valence-corrected chi connectivity index (χ1v) is 8.51. The van der Waals surface area contributed by atoms with Crippen LogP contribution in [0.25, 0.3) is 5.69 Å². The van der Waals surface area contributed by atoms with Crippen LogP contribution in [0.1, 0.15) is 32.7 Å². The average Bonchev–Trinajstić information content (AvgIpc) is 3.07. The van der Waals surface area contributed by atoms with Gasteiger partial charge in [0.15, 0.2) is 0 Å². The van der Waals surface area contributed by atoms with Crippen LogP contribution in [-0.2, 0) is 12.7 Å². The number of nitrogens with two attached hydrogens (primary N) is 1. The third-order valence-electron chi connectivity index (χ3n) is 4.34. The molecule has 3 N–H and O–H groups in total. The summed E-state index contributed by atoms with van der Waals surface area (Å²) in [5.41, 5.74) is 7.81. The Hall–Kier alpha value is -3.13. The Bertz CT molecular complexity index is 1020. The maximum Gasteiger partial charge on any atom is 0.416 e. The summed E-state index contributed by atoms with van der Waals surface area (Å²) >= 11 is 0. The van der Waals surface area contributed by atoms with Crippen LogP contribution in [0.15, 0.2) is 48.9 Å². The van der Waals surface area contributed by atoms with E-state index in [4.69, 9.17) is 5.73 Å². The molecule has 0 saturated carbocycles. The van der Waals surface area contributed by atoms with Crippen molar-refractivity contribution in [1.82, 2.24) is 9.55 Å². The van der Waals surface area contributed by atoms with Gasteiger partial charge in [-0.2, -0.15) is 13.2 Å². The lowest BCUT2D eigenvalue weighted by atomic mass is 10.0. The zero-order valence-electron chi connectivity index (χ0n) is 15.3. The van der Waals surface area contributed by atoms with E-state index in [1.165, 1.54) is 17.0 Å². The number of benzene rings is 2. The van der Waals surface area contributed by atoms with Crippen molar-refractivity contribution >= 4 is 11.6 Å². The monoisotopic (exact) mass is 388 g/mol. The Kier molecular flexibility index (Phi) is 5.24. The number of imidazole rings is 1. The molecule has 8 heteroatoms. The minimum absolute atomic E-state index is 0.0380. The molecule has 0 aliphatic carbocycles. The molecule has 0 spiro atoms. The molecule has 0 bridgehead atoms. The van der Waals surface area contributed by atoms with Gasteiger partial charge in [-0.1, -0.05) is 6.07 Å². The van der Waals surface area contributed by atoms with Gasteiger partial charge in [0.1, 0.15) is 0 Å². The number of hydrogen-bond donors (Lipinski definition) is 2. The van der Waals surface area contributed by atoms with Crippen LogP contribution >= 0.6 is 0 Å². The standard InChI is InChI=1S/C20H19F3N4O/c1-12-3-4-14(5-15(12)9-24)19(28)26-17-6-16(20(21,22)23)7-18(8-17)27-10-13(2)25-11-27/h3-8,10-11H,9,24H2,1-2H3,(H,26,28). The lowest BCUT2D eigenvalue weighted by molar-refractivity contribution is -0.137. The highest BCUT2D eigenvalue weighted by molar-refractivity contribution is 6.04. The summed E-state index contributed by atoms with van der Waals surface area (Å²) < 4.78 is 41.4. The SMILES string of the molecule is Cc1cn(-c2cc(NC(=O)c3ccc(C)c(CN)c3)cc(C(F)(F)F)c2)cn1. The van der Waals surface area contributed by atoms with Crippen molar-refractivity contribution in [2.75, 3.05) is 5.32 Å². The van der Waals surface area contributed by atoms with E-state index >= 15 is 0 Å². The van der Waals surface area contributed by atoms with Crippen LogP contribution in [-0.4, -0.2) is 15.5 Å². The smallest absolute Gasteiger partial charge is 0.326 e. The number of aryl methyl sites for hydroxylation is 2. The fourth-order valence-electron chi connectivity index (χ4n) is 2.79. The number of halogens is 3. The van der Waals surface area contributed by atoms with E-state index in [0.717, 1.165) is 23.3 Å². The second kappa shape index (κ2) is 7.47. The first-order valence-electron chi connectivity index (χ1n) is 8.51. The largest absolute Gasteiger partial charge is 0.416 e. The summed E-state index contributed by atoms with van der Waals surface area (Å²) in [5, 5.41) is 2.54. The number of hydrogen-bond acceptors (Lipinski definition) is 3. The van der Waals surface area contributed by atoms with Crippen molar-refractivity contribution in [1.29, 1.82) is 0 Å². The van der Waals surface area contributed by atoms with Gasteiger partial charge < -0.3 is 15.6 Å². The van der Waals surface area contributed by atoms with Gasteiger partial charge in [-0.3, -0.25) is 4.79 Å². The molecule has 0 aliphatic heterocycles. The molecular formula is C20H19F3N4O. The highest BCUT2D eigenvalue weighted by Gasteiger charge is 2.31. The number of carbonyl (C=O) groups is 1. The average molecular weight is 388 g/mol. The maximum atomic E-state index is 13.3. The second-order valence-corrected chi connectivity index (χ2v) is 6.49. The van der Waals surface area contributed by atoms with E-state index in [9.17, 15) is 18.0 Å². The molecule has 0 saturated heterocycles. The fourth-order valence-corrected chi connectivity index (χ4v) is 2.79. The molecule has 2 aromatic carbocycles. The van der Waals surface area contributed by atoms with Gasteiger partial charge in [-0.25, -0.2) is 4.98 Å².